The molecule has 2 fully saturated rings. The topological polar surface area (TPSA) is 55.5 Å². The minimum absolute atomic E-state index is 0.0151. The molecule has 3 atom stereocenters. The summed E-state index contributed by atoms with van der Waals surface area (Å²) in [4.78, 5) is 0. The largest absolute Gasteiger partial charge is 0.390 e. The van der Waals surface area contributed by atoms with Gasteiger partial charge in [-0.2, -0.15) is 0 Å². The Morgan fingerprint density at radius 3 is 2.42 bits per heavy atom. The molecule has 112 valence electrons. The minimum atomic E-state index is -0.370. The molecule has 2 aliphatic rings. The lowest BCUT2D eigenvalue weighted by molar-refractivity contribution is -0.102. The number of nitrogens with two attached hydrogens (primary N) is 1. The van der Waals surface area contributed by atoms with E-state index in [0.29, 0.717) is 12.6 Å². The van der Waals surface area contributed by atoms with E-state index in [1.165, 1.54) is 25.7 Å². The van der Waals surface area contributed by atoms with Gasteiger partial charge in [-0.3, -0.25) is 0 Å². The molecular formula is C16H31NO2. The predicted octanol–water partition coefficient (Wildman–Crippen LogP) is 2.85. The normalized spacial score (nSPS) is 41.4. The summed E-state index contributed by atoms with van der Waals surface area (Å²) in [7, 11) is 0. The zero-order valence-electron chi connectivity index (χ0n) is 12.6. The summed E-state index contributed by atoms with van der Waals surface area (Å²) in [6.07, 6.45) is 9.20. The molecule has 0 aromatic carbocycles. The second-order valence-corrected chi connectivity index (χ2v) is 6.81. The third kappa shape index (κ3) is 3.32. The van der Waals surface area contributed by atoms with Crippen molar-refractivity contribution in [3.63, 3.8) is 0 Å². The van der Waals surface area contributed by atoms with Gasteiger partial charge in [-0.15, -0.1) is 0 Å². The summed E-state index contributed by atoms with van der Waals surface area (Å²) < 4.78 is 5.87. The van der Waals surface area contributed by atoms with E-state index in [1.807, 2.05) is 0 Å². The van der Waals surface area contributed by atoms with Crippen LogP contribution < -0.4 is 5.73 Å². The molecule has 1 heterocycles. The molecule has 0 aromatic heterocycles. The molecule has 0 radical (unpaired) electrons. The zero-order chi connectivity index (χ0) is 13.9. The second-order valence-electron chi connectivity index (χ2n) is 6.81. The molecule has 1 saturated heterocycles. The van der Waals surface area contributed by atoms with Crippen molar-refractivity contribution in [1.29, 1.82) is 0 Å². The van der Waals surface area contributed by atoms with Crippen LogP contribution in [-0.4, -0.2) is 30.0 Å². The maximum absolute atomic E-state index is 10.8. The van der Waals surface area contributed by atoms with Crippen LogP contribution in [-0.2, 0) is 4.74 Å². The molecule has 3 heteroatoms. The molecule has 0 amide bonds. The van der Waals surface area contributed by atoms with Crippen LogP contribution in [0.2, 0.25) is 0 Å². The number of hydrogen-bond acceptors (Lipinski definition) is 3. The average Bonchev–Trinajstić information content (AvgIpc) is 2.86. The summed E-state index contributed by atoms with van der Waals surface area (Å²) >= 11 is 0. The van der Waals surface area contributed by atoms with Gasteiger partial charge < -0.3 is 15.6 Å². The third-order valence-corrected chi connectivity index (χ3v) is 5.45. The van der Waals surface area contributed by atoms with Gasteiger partial charge >= 0.3 is 0 Å². The van der Waals surface area contributed by atoms with Crippen molar-refractivity contribution < 1.29 is 9.84 Å². The van der Waals surface area contributed by atoms with Crippen LogP contribution in [0.1, 0.15) is 65.2 Å². The molecule has 2 rings (SSSR count). The van der Waals surface area contributed by atoms with Gasteiger partial charge in [0.25, 0.3) is 0 Å². The summed E-state index contributed by atoms with van der Waals surface area (Å²) in [6.45, 7) is 4.95. The van der Waals surface area contributed by atoms with E-state index < -0.39 is 0 Å². The van der Waals surface area contributed by atoms with Gasteiger partial charge in [0.1, 0.15) is 0 Å². The quantitative estimate of drug-likeness (QED) is 0.807. The van der Waals surface area contributed by atoms with E-state index >= 15 is 0 Å². The molecule has 3 N–H and O–H groups in total. The highest BCUT2D eigenvalue weighted by Gasteiger charge is 2.45. The SMILES string of the molecule is CCCC1CCC(CN)(C(O)C2CCC(C)O2)CC1. The van der Waals surface area contributed by atoms with Crippen molar-refractivity contribution in [2.75, 3.05) is 6.54 Å². The first-order valence-corrected chi connectivity index (χ1v) is 8.15. The highest BCUT2D eigenvalue weighted by atomic mass is 16.5. The zero-order valence-corrected chi connectivity index (χ0v) is 12.6. The average molecular weight is 269 g/mol. The summed E-state index contributed by atoms with van der Waals surface area (Å²) in [5.41, 5.74) is 5.96. The maximum Gasteiger partial charge on any atom is 0.0870 e. The van der Waals surface area contributed by atoms with Crippen molar-refractivity contribution in [3.8, 4) is 0 Å². The number of aliphatic hydroxyl groups excluding tert-OH is 1. The lowest BCUT2D eigenvalue weighted by atomic mass is 9.65. The van der Waals surface area contributed by atoms with Gasteiger partial charge in [0, 0.05) is 12.0 Å². The van der Waals surface area contributed by atoms with Gasteiger partial charge in [-0.1, -0.05) is 19.8 Å². The Morgan fingerprint density at radius 2 is 1.95 bits per heavy atom. The highest BCUT2D eigenvalue weighted by molar-refractivity contribution is 4.96. The summed E-state index contributed by atoms with van der Waals surface area (Å²) in [6, 6.07) is 0. The first kappa shape index (κ1) is 15.3. The van der Waals surface area contributed by atoms with Gasteiger partial charge in [-0.25, -0.2) is 0 Å². The fourth-order valence-corrected chi connectivity index (χ4v) is 4.03. The standard InChI is InChI=1S/C16H31NO2/c1-3-4-13-7-9-16(11-17,10-8-13)15(18)14-6-5-12(2)19-14/h12-15,18H,3-11,17H2,1-2H3. The number of hydrogen-bond donors (Lipinski definition) is 2. The van der Waals surface area contributed by atoms with Crippen LogP contribution in [0.4, 0.5) is 0 Å². The van der Waals surface area contributed by atoms with Crippen LogP contribution in [0.3, 0.4) is 0 Å². The van der Waals surface area contributed by atoms with Crippen molar-refractivity contribution in [2.24, 2.45) is 17.1 Å². The Labute approximate surface area is 117 Å². The van der Waals surface area contributed by atoms with Gasteiger partial charge in [0.15, 0.2) is 0 Å². The molecule has 1 aliphatic heterocycles. The molecule has 3 nitrogen and oxygen atoms in total. The molecule has 0 spiro atoms. The number of aliphatic hydroxyl groups is 1. The molecule has 3 unspecified atom stereocenters. The van der Waals surface area contributed by atoms with Gasteiger partial charge in [0.05, 0.1) is 18.3 Å². The smallest absolute Gasteiger partial charge is 0.0870 e. The van der Waals surface area contributed by atoms with E-state index in [1.54, 1.807) is 0 Å². The van der Waals surface area contributed by atoms with Crippen molar-refractivity contribution in [1.82, 2.24) is 0 Å². The Morgan fingerprint density at radius 1 is 1.26 bits per heavy atom. The molecule has 1 saturated carbocycles. The first-order chi connectivity index (χ1) is 9.11. The van der Waals surface area contributed by atoms with E-state index in [-0.39, 0.29) is 17.6 Å². The summed E-state index contributed by atoms with van der Waals surface area (Å²) in [5.74, 6) is 0.847. The van der Waals surface area contributed by atoms with E-state index in [0.717, 1.165) is 31.6 Å². The first-order valence-electron chi connectivity index (χ1n) is 8.15. The van der Waals surface area contributed by atoms with Crippen LogP contribution in [0.15, 0.2) is 0 Å². The van der Waals surface area contributed by atoms with Crippen molar-refractivity contribution in [2.45, 2.75) is 83.5 Å². The Hall–Kier alpha value is -0.120. The highest BCUT2D eigenvalue weighted by Crippen LogP contribution is 2.44. The number of rotatable bonds is 5. The molecule has 0 bridgehead atoms. The van der Waals surface area contributed by atoms with Crippen LogP contribution >= 0.6 is 0 Å². The summed E-state index contributed by atoms with van der Waals surface area (Å²) in [5, 5.41) is 10.8. The van der Waals surface area contributed by atoms with Crippen LogP contribution in [0.5, 0.6) is 0 Å². The van der Waals surface area contributed by atoms with Gasteiger partial charge in [0.2, 0.25) is 0 Å². The molecular weight excluding hydrogens is 238 g/mol. The van der Waals surface area contributed by atoms with Crippen molar-refractivity contribution >= 4 is 0 Å². The lowest BCUT2D eigenvalue weighted by Crippen LogP contribution is -2.50. The maximum atomic E-state index is 10.8. The van der Waals surface area contributed by atoms with Crippen LogP contribution in [0, 0.1) is 11.3 Å². The fraction of sp³-hybridized carbons (Fsp3) is 1.00. The van der Waals surface area contributed by atoms with Crippen LogP contribution in [0.25, 0.3) is 0 Å². The Bertz CT molecular complexity index is 274. The number of ether oxygens (including phenoxy) is 1. The molecule has 1 aliphatic carbocycles. The van der Waals surface area contributed by atoms with E-state index in [9.17, 15) is 5.11 Å². The minimum Gasteiger partial charge on any atom is -0.390 e. The van der Waals surface area contributed by atoms with Gasteiger partial charge in [-0.05, 0) is 51.4 Å². The monoisotopic (exact) mass is 269 g/mol. The third-order valence-electron chi connectivity index (χ3n) is 5.45. The second kappa shape index (κ2) is 6.55. The van der Waals surface area contributed by atoms with E-state index in [4.69, 9.17) is 10.5 Å². The predicted molar refractivity (Wildman–Crippen MR) is 77.9 cm³/mol. The lowest BCUT2D eigenvalue weighted by Gasteiger charge is -2.44. The van der Waals surface area contributed by atoms with E-state index in [2.05, 4.69) is 13.8 Å². The molecule has 19 heavy (non-hydrogen) atoms. The molecule has 0 aromatic rings. The fourth-order valence-electron chi connectivity index (χ4n) is 4.03. The Kier molecular flexibility index (Phi) is 5.27. The Balaban J connectivity index is 1.95. The van der Waals surface area contributed by atoms with Crippen molar-refractivity contribution in [3.05, 3.63) is 0 Å².